The Labute approximate surface area is 104 Å². The first kappa shape index (κ1) is 12.3. The van der Waals surface area contributed by atoms with Gasteiger partial charge in [0.05, 0.1) is 10.6 Å². The number of para-hydroxylation sites is 1. The fraction of sp³-hybridized carbons (Fsp3) is 0.250. The summed E-state index contributed by atoms with van der Waals surface area (Å²) >= 11 is 0. The van der Waals surface area contributed by atoms with E-state index in [-0.39, 0.29) is 11.6 Å². The van der Waals surface area contributed by atoms with Crippen LogP contribution >= 0.6 is 0 Å². The van der Waals surface area contributed by atoms with E-state index in [1.165, 1.54) is 12.3 Å². The second-order valence-electron chi connectivity index (χ2n) is 3.70. The zero-order valence-corrected chi connectivity index (χ0v) is 9.92. The monoisotopic (exact) mass is 247 g/mol. The average molecular weight is 247 g/mol. The maximum Gasteiger partial charge on any atom is 0.282 e. The van der Waals surface area contributed by atoms with Gasteiger partial charge in [0.2, 0.25) is 5.89 Å². The van der Waals surface area contributed by atoms with Crippen LogP contribution in [0.5, 0.6) is 0 Å². The average Bonchev–Trinajstić information content (AvgIpc) is 2.85. The molecule has 94 valence electrons. The van der Waals surface area contributed by atoms with Crippen molar-refractivity contribution in [3.8, 4) is 11.5 Å². The smallest absolute Gasteiger partial charge is 0.282 e. The highest BCUT2D eigenvalue weighted by Gasteiger charge is 2.18. The highest BCUT2D eigenvalue weighted by atomic mass is 16.6. The number of aromatic nitrogens is 1. The molecular formula is C12H13N3O3. The Morgan fingerprint density at radius 1 is 1.44 bits per heavy atom. The molecular weight excluding hydrogens is 234 g/mol. The molecule has 0 fully saturated rings. The van der Waals surface area contributed by atoms with E-state index in [1.807, 2.05) is 6.92 Å². The Morgan fingerprint density at radius 3 is 2.94 bits per heavy atom. The molecule has 2 rings (SSSR count). The van der Waals surface area contributed by atoms with Crippen LogP contribution in [0.3, 0.4) is 0 Å². The summed E-state index contributed by atoms with van der Waals surface area (Å²) in [6, 6.07) is 6.39. The number of oxazole rings is 1. The fourth-order valence-electron chi connectivity index (χ4n) is 1.58. The van der Waals surface area contributed by atoms with Gasteiger partial charge < -0.3 is 9.73 Å². The quantitative estimate of drug-likeness (QED) is 0.648. The van der Waals surface area contributed by atoms with E-state index in [0.29, 0.717) is 12.1 Å². The molecule has 1 aromatic heterocycles. The van der Waals surface area contributed by atoms with Crippen LogP contribution in [0.15, 0.2) is 34.9 Å². The topological polar surface area (TPSA) is 81.2 Å². The molecule has 0 aliphatic heterocycles. The van der Waals surface area contributed by atoms with Gasteiger partial charge in [0.1, 0.15) is 11.8 Å². The lowest BCUT2D eigenvalue weighted by Gasteiger charge is -1.97. The predicted octanol–water partition coefficient (Wildman–Crippen LogP) is 2.36. The van der Waals surface area contributed by atoms with E-state index in [0.717, 1.165) is 12.2 Å². The van der Waals surface area contributed by atoms with Crippen molar-refractivity contribution in [1.82, 2.24) is 10.3 Å². The van der Waals surface area contributed by atoms with Gasteiger partial charge in [0.15, 0.2) is 0 Å². The number of nitrogens with zero attached hydrogens (tertiary/aromatic N) is 2. The maximum atomic E-state index is 10.9. The summed E-state index contributed by atoms with van der Waals surface area (Å²) in [4.78, 5) is 14.7. The molecule has 1 aromatic carbocycles. The van der Waals surface area contributed by atoms with E-state index in [4.69, 9.17) is 4.42 Å². The van der Waals surface area contributed by atoms with Crippen LogP contribution in [-0.2, 0) is 6.54 Å². The first-order valence-electron chi connectivity index (χ1n) is 5.61. The van der Waals surface area contributed by atoms with Crippen LogP contribution in [-0.4, -0.2) is 16.5 Å². The zero-order chi connectivity index (χ0) is 13.0. The summed E-state index contributed by atoms with van der Waals surface area (Å²) in [5.74, 6) is 0.273. The van der Waals surface area contributed by atoms with Crippen molar-refractivity contribution in [3.63, 3.8) is 0 Å². The van der Waals surface area contributed by atoms with Crippen molar-refractivity contribution in [2.75, 3.05) is 6.54 Å². The fourth-order valence-corrected chi connectivity index (χ4v) is 1.58. The van der Waals surface area contributed by atoms with Crippen molar-refractivity contribution in [2.45, 2.75) is 13.5 Å². The van der Waals surface area contributed by atoms with E-state index in [1.54, 1.807) is 18.2 Å². The van der Waals surface area contributed by atoms with Crippen molar-refractivity contribution >= 4 is 5.69 Å². The largest absolute Gasteiger partial charge is 0.444 e. The predicted molar refractivity (Wildman–Crippen MR) is 66.0 cm³/mol. The molecule has 0 aliphatic carbocycles. The molecule has 0 spiro atoms. The molecule has 0 bridgehead atoms. The van der Waals surface area contributed by atoms with Crippen LogP contribution in [0.1, 0.15) is 12.6 Å². The number of nitrogens with one attached hydrogen (secondary N) is 1. The summed E-state index contributed by atoms with van der Waals surface area (Å²) in [7, 11) is 0. The van der Waals surface area contributed by atoms with Crippen molar-refractivity contribution in [2.24, 2.45) is 0 Å². The molecule has 0 unspecified atom stereocenters. The standard InChI is InChI=1S/C12H13N3O3/c1-2-13-7-9-8-18-12(14-9)10-5-3-4-6-11(10)15(16)17/h3-6,8,13H,2,7H2,1H3. The SMILES string of the molecule is CCNCc1coc(-c2ccccc2[N+](=O)[O-])n1. The normalized spacial score (nSPS) is 10.5. The minimum Gasteiger partial charge on any atom is -0.444 e. The van der Waals surface area contributed by atoms with Gasteiger partial charge in [-0.05, 0) is 12.6 Å². The van der Waals surface area contributed by atoms with E-state index in [9.17, 15) is 10.1 Å². The highest BCUT2D eigenvalue weighted by Crippen LogP contribution is 2.28. The van der Waals surface area contributed by atoms with Crippen LogP contribution < -0.4 is 5.32 Å². The first-order chi connectivity index (χ1) is 8.72. The first-order valence-corrected chi connectivity index (χ1v) is 5.61. The number of hydrogen-bond acceptors (Lipinski definition) is 5. The van der Waals surface area contributed by atoms with Crippen LogP contribution in [0, 0.1) is 10.1 Å². The lowest BCUT2D eigenvalue weighted by Crippen LogP contribution is -2.11. The van der Waals surface area contributed by atoms with Gasteiger partial charge in [-0.2, -0.15) is 0 Å². The van der Waals surface area contributed by atoms with Crippen molar-refractivity contribution < 1.29 is 9.34 Å². The molecule has 1 N–H and O–H groups in total. The Kier molecular flexibility index (Phi) is 3.69. The summed E-state index contributed by atoms with van der Waals surface area (Å²) in [5.41, 5.74) is 1.12. The molecule has 1 heterocycles. The second-order valence-corrected chi connectivity index (χ2v) is 3.70. The number of benzene rings is 1. The van der Waals surface area contributed by atoms with Gasteiger partial charge in [-0.1, -0.05) is 19.1 Å². The van der Waals surface area contributed by atoms with Gasteiger partial charge in [-0.25, -0.2) is 4.98 Å². The third-order valence-corrected chi connectivity index (χ3v) is 2.44. The highest BCUT2D eigenvalue weighted by molar-refractivity contribution is 5.66. The van der Waals surface area contributed by atoms with Gasteiger partial charge in [-0.3, -0.25) is 10.1 Å². The third-order valence-electron chi connectivity index (χ3n) is 2.44. The molecule has 0 saturated heterocycles. The van der Waals surface area contributed by atoms with E-state index < -0.39 is 4.92 Å². The molecule has 2 aromatic rings. The van der Waals surface area contributed by atoms with E-state index in [2.05, 4.69) is 10.3 Å². The minimum absolute atomic E-state index is 0.00523. The van der Waals surface area contributed by atoms with Crippen LogP contribution in [0.25, 0.3) is 11.5 Å². The molecule has 0 aliphatic rings. The van der Waals surface area contributed by atoms with Crippen molar-refractivity contribution in [1.29, 1.82) is 0 Å². The molecule has 0 atom stereocenters. The zero-order valence-electron chi connectivity index (χ0n) is 9.92. The maximum absolute atomic E-state index is 10.9. The molecule has 18 heavy (non-hydrogen) atoms. The summed E-state index contributed by atoms with van der Waals surface area (Å²) in [6.07, 6.45) is 1.51. The molecule has 6 heteroatoms. The third kappa shape index (κ3) is 2.54. The number of nitro groups is 1. The van der Waals surface area contributed by atoms with Crippen molar-refractivity contribution in [3.05, 3.63) is 46.3 Å². The lowest BCUT2D eigenvalue weighted by molar-refractivity contribution is -0.384. The van der Waals surface area contributed by atoms with Crippen LogP contribution in [0.2, 0.25) is 0 Å². The summed E-state index contributed by atoms with van der Waals surface area (Å²) in [5, 5.41) is 14.0. The number of rotatable bonds is 5. The van der Waals surface area contributed by atoms with Gasteiger partial charge >= 0.3 is 0 Å². The molecule has 0 radical (unpaired) electrons. The Bertz CT molecular complexity index is 551. The Morgan fingerprint density at radius 2 is 2.22 bits per heavy atom. The Balaban J connectivity index is 2.31. The van der Waals surface area contributed by atoms with E-state index >= 15 is 0 Å². The van der Waals surface area contributed by atoms with Gasteiger partial charge in [-0.15, -0.1) is 0 Å². The summed E-state index contributed by atoms with van der Waals surface area (Å²) in [6.45, 7) is 3.40. The lowest BCUT2D eigenvalue weighted by atomic mass is 10.2. The molecule has 0 saturated carbocycles. The van der Waals surface area contributed by atoms with Crippen LogP contribution in [0.4, 0.5) is 5.69 Å². The van der Waals surface area contributed by atoms with Gasteiger partial charge in [0, 0.05) is 12.6 Å². The number of nitro benzene ring substituents is 1. The minimum atomic E-state index is -0.441. The van der Waals surface area contributed by atoms with Gasteiger partial charge in [0.25, 0.3) is 5.69 Å². The second kappa shape index (κ2) is 5.42. The molecule has 0 amide bonds. The molecule has 6 nitrogen and oxygen atoms in total. The summed E-state index contributed by atoms with van der Waals surface area (Å²) < 4.78 is 5.28. The number of hydrogen-bond donors (Lipinski definition) is 1. The Hall–Kier alpha value is -2.21.